The van der Waals surface area contributed by atoms with E-state index in [2.05, 4.69) is 31.4 Å². The van der Waals surface area contributed by atoms with Gasteiger partial charge in [0.05, 0.1) is 7.11 Å². The number of rotatable bonds is 6. The third-order valence-electron chi connectivity index (χ3n) is 3.02. The molecule has 0 aliphatic carbocycles. The van der Waals surface area contributed by atoms with Crippen molar-refractivity contribution in [2.75, 3.05) is 13.7 Å². The lowest BCUT2D eigenvalue weighted by Crippen LogP contribution is -2.43. The third kappa shape index (κ3) is 7.41. The Kier molecular flexibility index (Phi) is 6.93. The molecule has 2 N–H and O–H groups in total. The standard InChI is InChI=1S/C18H29ClN2O3/c1-17(2,3)20-10-12-8-14(23-7)15(9-13(12)19)24-11-16(22)21-18(4,5)6/h8-9,20H,10-11H2,1-7H3,(H,21,22). The zero-order chi connectivity index (χ0) is 18.5. The molecule has 1 aromatic carbocycles. The molecule has 1 amide bonds. The molecule has 1 aromatic rings. The average molecular weight is 357 g/mol. The van der Waals surface area contributed by atoms with Gasteiger partial charge < -0.3 is 20.1 Å². The molecule has 0 saturated carbocycles. The van der Waals surface area contributed by atoms with Crippen molar-refractivity contribution in [3.63, 3.8) is 0 Å². The van der Waals surface area contributed by atoms with E-state index in [1.54, 1.807) is 13.2 Å². The number of carbonyl (C=O) groups excluding carboxylic acids is 1. The van der Waals surface area contributed by atoms with Crippen molar-refractivity contribution in [3.05, 3.63) is 22.7 Å². The Balaban J connectivity index is 2.82. The summed E-state index contributed by atoms with van der Waals surface area (Å²) < 4.78 is 10.9. The Morgan fingerprint density at radius 3 is 2.21 bits per heavy atom. The van der Waals surface area contributed by atoms with Crippen molar-refractivity contribution in [2.45, 2.75) is 59.2 Å². The number of ether oxygens (including phenoxy) is 2. The molecule has 0 fully saturated rings. The van der Waals surface area contributed by atoms with E-state index in [4.69, 9.17) is 21.1 Å². The summed E-state index contributed by atoms with van der Waals surface area (Å²) in [5, 5.41) is 6.79. The quantitative estimate of drug-likeness (QED) is 0.818. The monoisotopic (exact) mass is 356 g/mol. The van der Waals surface area contributed by atoms with Crippen molar-refractivity contribution < 1.29 is 14.3 Å². The Morgan fingerprint density at radius 1 is 1.08 bits per heavy atom. The fourth-order valence-electron chi connectivity index (χ4n) is 1.94. The van der Waals surface area contributed by atoms with Crippen LogP contribution in [0, 0.1) is 0 Å². The van der Waals surface area contributed by atoms with Gasteiger partial charge in [-0.3, -0.25) is 4.79 Å². The summed E-state index contributed by atoms with van der Waals surface area (Å²) >= 11 is 6.33. The molecule has 0 aliphatic rings. The van der Waals surface area contributed by atoms with Crippen LogP contribution in [0.5, 0.6) is 11.5 Å². The van der Waals surface area contributed by atoms with Gasteiger partial charge in [-0.25, -0.2) is 0 Å². The molecule has 1 rings (SSSR count). The maximum absolute atomic E-state index is 11.9. The highest BCUT2D eigenvalue weighted by molar-refractivity contribution is 6.31. The van der Waals surface area contributed by atoms with Crippen LogP contribution in [0.15, 0.2) is 12.1 Å². The summed E-state index contributed by atoms with van der Waals surface area (Å²) in [5.74, 6) is 0.805. The van der Waals surface area contributed by atoms with Crippen LogP contribution >= 0.6 is 11.6 Å². The van der Waals surface area contributed by atoms with Crippen LogP contribution in [0.2, 0.25) is 5.02 Å². The molecular formula is C18H29ClN2O3. The van der Waals surface area contributed by atoms with Crippen molar-refractivity contribution in [3.8, 4) is 11.5 Å². The fraction of sp³-hybridized carbons (Fsp3) is 0.611. The number of benzene rings is 1. The van der Waals surface area contributed by atoms with E-state index < -0.39 is 0 Å². The van der Waals surface area contributed by atoms with Crippen molar-refractivity contribution in [1.29, 1.82) is 0 Å². The predicted octanol–water partition coefficient (Wildman–Crippen LogP) is 3.53. The zero-order valence-corrected chi connectivity index (χ0v) is 16.4. The summed E-state index contributed by atoms with van der Waals surface area (Å²) in [4.78, 5) is 11.9. The molecule has 0 saturated heterocycles. The largest absolute Gasteiger partial charge is 0.493 e. The molecule has 0 aromatic heterocycles. The number of methoxy groups -OCH3 is 1. The topological polar surface area (TPSA) is 59.6 Å². The maximum Gasteiger partial charge on any atom is 0.258 e. The van der Waals surface area contributed by atoms with E-state index in [0.29, 0.717) is 23.1 Å². The molecule has 136 valence electrons. The van der Waals surface area contributed by atoms with Gasteiger partial charge in [-0.05, 0) is 53.2 Å². The molecule has 0 atom stereocenters. The Morgan fingerprint density at radius 2 is 1.71 bits per heavy atom. The fourth-order valence-corrected chi connectivity index (χ4v) is 2.16. The van der Waals surface area contributed by atoms with Crippen LogP contribution in [0.4, 0.5) is 0 Å². The van der Waals surface area contributed by atoms with Gasteiger partial charge in [0, 0.05) is 28.7 Å². The summed E-state index contributed by atoms with van der Waals surface area (Å²) in [6, 6.07) is 3.52. The van der Waals surface area contributed by atoms with Gasteiger partial charge in [-0.1, -0.05) is 11.6 Å². The molecule has 5 nitrogen and oxygen atoms in total. The second-order valence-corrected chi connectivity index (χ2v) is 8.19. The lowest BCUT2D eigenvalue weighted by Gasteiger charge is -2.22. The van der Waals surface area contributed by atoms with Crippen molar-refractivity contribution in [2.24, 2.45) is 0 Å². The van der Waals surface area contributed by atoms with Gasteiger partial charge in [0.1, 0.15) is 0 Å². The van der Waals surface area contributed by atoms with E-state index in [1.807, 2.05) is 26.8 Å². The van der Waals surface area contributed by atoms with E-state index >= 15 is 0 Å². The molecule has 6 heteroatoms. The SMILES string of the molecule is COc1cc(CNC(C)(C)C)c(Cl)cc1OCC(=O)NC(C)(C)C. The minimum Gasteiger partial charge on any atom is -0.493 e. The number of hydrogen-bond donors (Lipinski definition) is 2. The van der Waals surface area contributed by atoms with Crippen LogP contribution in [0.1, 0.15) is 47.1 Å². The molecule has 0 heterocycles. The van der Waals surface area contributed by atoms with Gasteiger partial charge in [0.15, 0.2) is 18.1 Å². The first-order valence-corrected chi connectivity index (χ1v) is 8.34. The molecule has 0 aliphatic heterocycles. The van der Waals surface area contributed by atoms with Gasteiger partial charge in [-0.15, -0.1) is 0 Å². The highest BCUT2D eigenvalue weighted by atomic mass is 35.5. The molecule has 0 unspecified atom stereocenters. The van der Waals surface area contributed by atoms with Gasteiger partial charge in [0.2, 0.25) is 0 Å². The first-order chi connectivity index (χ1) is 10.9. The maximum atomic E-state index is 11.9. The number of hydrogen-bond acceptors (Lipinski definition) is 4. The number of carbonyl (C=O) groups is 1. The van der Waals surface area contributed by atoms with E-state index in [9.17, 15) is 4.79 Å². The van der Waals surface area contributed by atoms with E-state index in [-0.39, 0.29) is 23.6 Å². The van der Waals surface area contributed by atoms with Crippen molar-refractivity contribution >= 4 is 17.5 Å². The summed E-state index contributed by atoms with van der Waals surface area (Å²) in [6.07, 6.45) is 0. The van der Waals surface area contributed by atoms with Crippen LogP contribution < -0.4 is 20.1 Å². The van der Waals surface area contributed by atoms with Crippen LogP contribution in [0.25, 0.3) is 0 Å². The molecule has 0 spiro atoms. The molecule has 0 bridgehead atoms. The van der Waals surface area contributed by atoms with Crippen LogP contribution in [0.3, 0.4) is 0 Å². The van der Waals surface area contributed by atoms with E-state index in [0.717, 1.165) is 5.56 Å². The second-order valence-electron chi connectivity index (χ2n) is 7.78. The molecule has 24 heavy (non-hydrogen) atoms. The van der Waals surface area contributed by atoms with Crippen LogP contribution in [-0.2, 0) is 11.3 Å². The molecule has 0 radical (unpaired) electrons. The normalized spacial score (nSPS) is 12.0. The van der Waals surface area contributed by atoms with Gasteiger partial charge in [0.25, 0.3) is 5.91 Å². The van der Waals surface area contributed by atoms with Crippen LogP contribution in [-0.4, -0.2) is 30.7 Å². The minimum absolute atomic E-state index is 0.0171. The van der Waals surface area contributed by atoms with Crippen molar-refractivity contribution in [1.82, 2.24) is 10.6 Å². The average Bonchev–Trinajstić information content (AvgIpc) is 2.41. The minimum atomic E-state index is -0.301. The smallest absolute Gasteiger partial charge is 0.258 e. The third-order valence-corrected chi connectivity index (χ3v) is 3.37. The first kappa shape index (κ1) is 20.6. The summed E-state index contributed by atoms with van der Waals surface area (Å²) in [6.45, 7) is 12.5. The second kappa shape index (κ2) is 8.08. The Hall–Kier alpha value is -1.46. The summed E-state index contributed by atoms with van der Waals surface area (Å²) in [7, 11) is 1.56. The number of halogens is 1. The zero-order valence-electron chi connectivity index (χ0n) is 15.7. The number of nitrogens with one attached hydrogen (secondary N) is 2. The van der Waals surface area contributed by atoms with E-state index in [1.165, 1.54) is 0 Å². The summed E-state index contributed by atoms with van der Waals surface area (Å²) in [5.41, 5.74) is 0.594. The van der Waals surface area contributed by atoms with Gasteiger partial charge in [-0.2, -0.15) is 0 Å². The lowest BCUT2D eigenvalue weighted by atomic mass is 10.1. The number of amides is 1. The molecular weight excluding hydrogens is 328 g/mol. The Bertz CT molecular complexity index is 575. The predicted molar refractivity (Wildman–Crippen MR) is 98.0 cm³/mol. The highest BCUT2D eigenvalue weighted by Crippen LogP contribution is 2.33. The first-order valence-electron chi connectivity index (χ1n) is 7.96. The highest BCUT2D eigenvalue weighted by Gasteiger charge is 2.17. The Labute approximate surface area is 150 Å². The lowest BCUT2D eigenvalue weighted by molar-refractivity contribution is -0.124. The van der Waals surface area contributed by atoms with Gasteiger partial charge >= 0.3 is 0 Å².